The largest absolute Gasteiger partial charge is 0.496 e. The van der Waals surface area contributed by atoms with Crippen molar-refractivity contribution < 1.29 is 4.74 Å². The Hall–Kier alpha value is -2.10. The van der Waals surface area contributed by atoms with Crippen LogP contribution in [0, 0.1) is 6.92 Å². The Kier molecular flexibility index (Phi) is 2.72. The number of nitrogens with two attached hydrogens (primary N) is 1. The minimum absolute atomic E-state index is 0.425. The number of benzene rings is 1. The van der Waals surface area contributed by atoms with Crippen LogP contribution in [0.1, 0.15) is 5.56 Å². The maximum atomic E-state index is 5.49. The van der Waals surface area contributed by atoms with Crippen molar-refractivity contribution in [3.8, 4) is 17.0 Å². The van der Waals surface area contributed by atoms with E-state index in [1.807, 2.05) is 31.2 Å². The van der Waals surface area contributed by atoms with Crippen molar-refractivity contribution in [2.45, 2.75) is 6.92 Å². The molecule has 4 nitrogen and oxygen atoms in total. The molecule has 0 radical (unpaired) electrons. The van der Waals surface area contributed by atoms with E-state index in [-0.39, 0.29) is 0 Å². The van der Waals surface area contributed by atoms with Gasteiger partial charge in [-0.15, -0.1) is 10.2 Å². The third kappa shape index (κ3) is 1.95. The van der Waals surface area contributed by atoms with Crippen LogP contribution in [0.4, 0.5) is 5.82 Å². The summed E-state index contributed by atoms with van der Waals surface area (Å²) < 4.78 is 5.20. The van der Waals surface area contributed by atoms with E-state index < -0.39 is 0 Å². The van der Waals surface area contributed by atoms with Gasteiger partial charge in [0.2, 0.25) is 0 Å². The van der Waals surface area contributed by atoms with Gasteiger partial charge in [-0.05, 0) is 42.8 Å². The summed E-state index contributed by atoms with van der Waals surface area (Å²) in [4.78, 5) is 0. The second-order valence-corrected chi connectivity index (χ2v) is 3.53. The van der Waals surface area contributed by atoms with Crippen LogP contribution < -0.4 is 10.5 Å². The first-order valence-electron chi connectivity index (χ1n) is 4.95. The highest BCUT2D eigenvalue weighted by molar-refractivity contribution is 5.62. The number of hydrogen-bond acceptors (Lipinski definition) is 4. The van der Waals surface area contributed by atoms with E-state index in [9.17, 15) is 0 Å². The van der Waals surface area contributed by atoms with Gasteiger partial charge >= 0.3 is 0 Å². The lowest BCUT2D eigenvalue weighted by atomic mass is 10.1. The summed E-state index contributed by atoms with van der Waals surface area (Å²) in [5.41, 5.74) is 8.37. The summed E-state index contributed by atoms with van der Waals surface area (Å²) in [6.45, 7) is 1.99. The van der Waals surface area contributed by atoms with Crippen molar-refractivity contribution in [3.05, 3.63) is 35.9 Å². The van der Waals surface area contributed by atoms with Crippen LogP contribution in [-0.2, 0) is 0 Å². The van der Waals surface area contributed by atoms with E-state index >= 15 is 0 Å². The highest BCUT2D eigenvalue weighted by Crippen LogP contribution is 2.24. The van der Waals surface area contributed by atoms with E-state index in [1.54, 1.807) is 13.2 Å². The fourth-order valence-corrected chi connectivity index (χ4v) is 1.53. The zero-order valence-electron chi connectivity index (χ0n) is 9.27. The van der Waals surface area contributed by atoms with Gasteiger partial charge in [0, 0.05) is 5.56 Å². The van der Waals surface area contributed by atoms with Crippen LogP contribution in [0.15, 0.2) is 30.3 Å². The molecule has 0 aliphatic carbocycles. The van der Waals surface area contributed by atoms with Crippen molar-refractivity contribution in [2.24, 2.45) is 0 Å². The average molecular weight is 215 g/mol. The Morgan fingerprint density at radius 1 is 1.12 bits per heavy atom. The Bertz CT molecular complexity index is 494. The van der Waals surface area contributed by atoms with Crippen LogP contribution in [0.2, 0.25) is 0 Å². The number of rotatable bonds is 2. The highest BCUT2D eigenvalue weighted by atomic mass is 16.5. The molecule has 2 aromatic rings. The first-order valence-corrected chi connectivity index (χ1v) is 4.95. The van der Waals surface area contributed by atoms with E-state index in [4.69, 9.17) is 10.5 Å². The van der Waals surface area contributed by atoms with Crippen LogP contribution in [-0.4, -0.2) is 17.3 Å². The lowest BCUT2D eigenvalue weighted by Crippen LogP contribution is -1.94. The number of hydrogen-bond donors (Lipinski definition) is 1. The van der Waals surface area contributed by atoms with E-state index in [0.29, 0.717) is 5.82 Å². The first kappa shape index (κ1) is 10.4. The molecule has 0 unspecified atom stereocenters. The third-order valence-electron chi connectivity index (χ3n) is 2.38. The zero-order chi connectivity index (χ0) is 11.5. The molecule has 0 fully saturated rings. The lowest BCUT2D eigenvalue weighted by Gasteiger charge is -2.06. The molecule has 0 amide bonds. The Balaban J connectivity index is 2.41. The molecule has 82 valence electrons. The van der Waals surface area contributed by atoms with Crippen molar-refractivity contribution in [3.63, 3.8) is 0 Å². The second kappa shape index (κ2) is 4.18. The van der Waals surface area contributed by atoms with Crippen LogP contribution in [0.3, 0.4) is 0 Å². The van der Waals surface area contributed by atoms with Crippen molar-refractivity contribution >= 4 is 5.82 Å². The molecule has 0 aliphatic rings. The molecule has 0 saturated carbocycles. The molecule has 1 heterocycles. The van der Waals surface area contributed by atoms with Crippen LogP contribution in [0.25, 0.3) is 11.3 Å². The summed E-state index contributed by atoms with van der Waals surface area (Å²) in [6, 6.07) is 9.47. The fraction of sp³-hybridized carbons (Fsp3) is 0.167. The average Bonchev–Trinajstić information content (AvgIpc) is 2.30. The van der Waals surface area contributed by atoms with Crippen LogP contribution in [0.5, 0.6) is 5.75 Å². The summed E-state index contributed by atoms with van der Waals surface area (Å²) in [6.07, 6.45) is 0. The van der Waals surface area contributed by atoms with E-state index in [1.165, 1.54) is 0 Å². The SMILES string of the molecule is COc1ccc(-c2ccc(N)nn2)cc1C. The van der Waals surface area contributed by atoms with Crippen LogP contribution >= 0.6 is 0 Å². The molecule has 0 spiro atoms. The maximum Gasteiger partial charge on any atom is 0.146 e. The molecule has 0 bridgehead atoms. The molecule has 1 aromatic carbocycles. The van der Waals surface area contributed by atoms with Gasteiger partial charge in [0.15, 0.2) is 0 Å². The number of nitrogens with zero attached hydrogens (tertiary/aromatic N) is 2. The first-order chi connectivity index (χ1) is 7.70. The Morgan fingerprint density at radius 2 is 1.94 bits per heavy atom. The van der Waals surface area contributed by atoms with Gasteiger partial charge in [-0.3, -0.25) is 0 Å². The predicted molar refractivity (Wildman–Crippen MR) is 63.2 cm³/mol. The topological polar surface area (TPSA) is 61.0 Å². The summed E-state index contributed by atoms with van der Waals surface area (Å²) in [5.74, 6) is 1.29. The molecule has 4 heteroatoms. The minimum Gasteiger partial charge on any atom is -0.496 e. The summed E-state index contributed by atoms with van der Waals surface area (Å²) >= 11 is 0. The van der Waals surface area contributed by atoms with E-state index in [0.717, 1.165) is 22.6 Å². The van der Waals surface area contributed by atoms with Gasteiger partial charge in [0.25, 0.3) is 0 Å². The fourth-order valence-electron chi connectivity index (χ4n) is 1.53. The molecular weight excluding hydrogens is 202 g/mol. The summed E-state index contributed by atoms with van der Waals surface area (Å²) in [7, 11) is 1.66. The number of methoxy groups -OCH3 is 1. The van der Waals surface area contributed by atoms with Gasteiger partial charge in [-0.1, -0.05) is 0 Å². The standard InChI is InChI=1S/C12H13N3O/c1-8-7-9(3-5-11(8)16-2)10-4-6-12(13)15-14-10/h3-7H,1-2H3,(H2,13,15). The smallest absolute Gasteiger partial charge is 0.146 e. The molecule has 0 saturated heterocycles. The molecule has 2 N–H and O–H groups in total. The second-order valence-electron chi connectivity index (χ2n) is 3.53. The number of nitrogen functional groups attached to an aromatic ring is 1. The van der Waals surface area contributed by atoms with Crippen molar-refractivity contribution in [1.29, 1.82) is 0 Å². The Morgan fingerprint density at radius 3 is 2.50 bits per heavy atom. The van der Waals surface area contributed by atoms with Gasteiger partial charge in [0.05, 0.1) is 12.8 Å². The van der Waals surface area contributed by atoms with Gasteiger partial charge in [-0.2, -0.15) is 0 Å². The van der Waals surface area contributed by atoms with Crippen molar-refractivity contribution in [1.82, 2.24) is 10.2 Å². The molecular formula is C12H13N3O. The molecule has 2 rings (SSSR count). The van der Waals surface area contributed by atoms with Gasteiger partial charge in [0.1, 0.15) is 11.6 Å². The number of aromatic nitrogens is 2. The maximum absolute atomic E-state index is 5.49. The predicted octanol–water partition coefficient (Wildman–Crippen LogP) is 2.04. The minimum atomic E-state index is 0.425. The quantitative estimate of drug-likeness (QED) is 0.832. The monoisotopic (exact) mass is 215 g/mol. The highest BCUT2D eigenvalue weighted by Gasteiger charge is 2.03. The lowest BCUT2D eigenvalue weighted by molar-refractivity contribution is 0.412. The number of anilines is 1. The van der Waals surface area contributed by atoms with E-state index in [2.05, 4.69) is 10.2 Å². The molecule has 0 atom stereocenters. The number of ether oxygens (including phenoxy) is 1. The summed E-state index contributed by atoms with van der Waals surface area (Å²) in [5, 5.41) is 7.85. The number of aryl methyl sites for hydroxylation is 1. The Labute approximate surface area is 94.1 Å². The normalized spacial score (nSPS) is 10.1. The molecule has 1 aromatic heterocycles. The van der Waals surface area contributed by atoms with Gasteiger partial charge in [-0.25, -0.2) is 0 Å². The third-order valence-corrected chi connectivity index (χ3v) is 2.38. The van der Waals surface area contributed by atoms with Gasteiger partial charge < -0.3 is 10.5 Å². The van der Waals surface area contributed by atoms with Crippen molar-refractivity contribution in [2.75, 3.05) is 12.8 Å². The molecule has 16 heavy (non-hydrogen) atoms. The molecule has 0 aliphatic heterocycles. The zero-order valence-corrected chi connectivity index (χ0v) is 9.27.